The van der Waals surface area contributed by atoms with Crippen molar-refractivity contribution in [2.75, 3.05) is 9.80 Å². The third-order valence-electron chi connectivity index (χ3n) is 8.16. The minimum absolute atomic E-state index is 0.793. The number of aromatic amines is 1. The molecule has 3 heteroatoms. The first-order valence-corrected chi connectivity index (χ1v) is 15.0. The highest BCUT2D eigenvalue weighted by Crippen LogP contribution is 2.42. The summed E-state index contributed by atoms with van der Waals surface area (Å²) in [7, 11) is 0. The largest absolute Gasteiger partial charge is 0.361 e. The summed E-state index contributed by atoms with van der Waals surface area (Å²) in [6.07, 6.45) is 0. The maximum atomic E-state index is 3.85. The van der Waals surface area contributed by atoms with E-state index in [1.165, 1.54) is 49.9 Å². The van der Waals surface area contributed by atoms with E-state index in [2.05, 4.69) is 173 Å². The minimum atomic E-state index is 0.793. The number of hydrogen-bond donors (Lipinski definition) is 1. The molecule has 7 aromatic rings. The molecule has 0 bridgehead atoms. The zero-order valence-electron chi connectivity index (χ0n) is 24.2. The molecular weight excluding hydrogens is 522 g/mol. The number of anilines is 2. The van der Waals surface area contributed by atoms with Gasteiger partial charge in [0.1, 0.15) is 0 Å². The Hall–Kier alpha value is -5.28. The maximum Gasteiger partial charge on any atom is 0.0855 e. The summed E-state index contributed by atoms with van der Waals surface area (Å²) in [5.41, 5.74) is 9.94. The Kier molecular flexibility index (Phi) is 7.61. The van der Waals surface area contributed by atoms with Crippen LogP contribution in [0.3, 0.4) is 0 Å². The molecule has 1 heterocycles. The van der Waals surface area contributed by atoms with Crippen LogP contribution in [0.25, 0.3) is 21.8 Å². The summed E-state index contributed by atoms with van der Waals surface area (Å²) < 4.78 is 0. The summed E-state index contributed by atoms with van der Waals surface area (Å²) in [4.78, 5) is 8.95. The van der Waals surface area contributed by atoms with Crippen LogP contribution in [-0.2, 0) is 26.2 Å². The predicted octanol–water partition coefficient (Wildman–Crippen LogP) is 9.73. The fraction of sp³-hybridized carbons (Fsp3) is 0.100. The van der Waals surface area contributed by atoms with Gasteiger partial charge in [-0.1, -0.05) is 140 Å². The van der Waals surface area contributed by atoms with E-state index in [-0.39, 0.29) is 0 Å². The molecule has 7 rings (SSSR count). The Bertz CT molecular complexity index is 1830. The number of hydrogen-bond acceptors (Lipinski definition) is 2. The lowest BCUT2D eigenvalue weighted by Gasteiger charge is -2.34. The van der Waals surface area contributed by atoms with Crippen LogP contribution >= 0.6 is 0 Å². The molecule has 0 radical (unpaired) electrons. The fourth-order valence-electron chi connectivity index (χ4n) is 6.12. The highest BCUT2D eigenvalue weighted by Gasteiger charge is 2.23. The van der Waals surface area contributed by atoms with Gasteiger partial charge in [0.2, 0.25) is 0 Å². The number of nitrogens with zero attached hydrogens (tertiary/aromatic N) is 2. The topological polar surface area (TPSA) is 22.3 Å². The fourth-order valence-corrected chi connectivity index (χ4v) is 6.12. The molecule has 0 aliphatic heterocycles. The van der Waals surface area contributed by atoms with E-state index in [1.807, 2.05) is 0 Å². The van der Waals surface area contributed by atoms with Gasteiger partial charge in [0, 0.05) is 42.5 Å². The highest BCUT2D eigenvalue weighted by atomic mass is 15.2. The van der Waals surface area contributed by atoms with Crippen molar-refractivity contribution < 1.29 is 0 Å². The molecule has 0 fully saturated rings. The van der Waals surface area contributed by atoms with Gasteiger partial charge in [0.15, 0.2) is 0 Å². The van der Waals surface area contributed by atoms with Gasteiger partial charge in [-0.05, 0) is 40.5 Å². The van der Waals surface area contributed by atoms with Crippen molar-refractivity contribution in [3.05, 3.63) is 180 Å². The number of H-pyrrole nitrogens is 1. The second-order valence-corrected chi connectivity index (χ2v) is 11.2. The Labute approximate surface area is 253 Å². The number of aromatic nitrogens is 1. The van der Waals surface area contributed by atoms with E-state index < -0.39 is 0 Å². The van der Waals surface area contributed by atoms with Gasteiger partial charge in [0.05, 0.1) is 16.9 Å². The summed E-state index contributed by atoms with van der Waals surface area (Å²) in [6, 6.07) is 56.6. The van der Waals surface area contributed by atoms with Crippen LogP contribution < -0.4 is 9.80 Å². The molecule has 0 unspecified atom stereocenters. The number of para-hydroxylation sites is 1. The molecule has 6 aromatic carbocycles. The van der Waals surface area contributed by atoms with Crippen LogP contribution in [0.5, 0.6) is 0 Å². The van der Waals surface area contributed by atoms with Gasteiger partial charge in [-0.15, -0.1) is 0 Å². The Morgan fingerprint density at radius 2 is 0.791 bits per heavy atom. The van der Waals surface area contributed by atoms with Crippen LogP contribution in [0.4, 0.5) is 11.4 Å². The first-order chi connectivity index (χ1) is 21.3. The van der Waals surface area contributed by atoms with E-state index >= 15 is 0 Å². The predicted molar refractivity (Wildman–Crippen MR) is 181 cm³/mol. The third-order valence-corrected chi connectivity index (χ3v) is 8.16. The quantitative estimate of drug-likeness (QED) is 0.181. The standard InChI is InChI=1S/C40H35N3/c1-5-15-31(16-6-1)27-42(28-32-17-7-2-8-18-32)38-26-25-36-35-23-13-14-24-37(35)41-39(36)40(38)43(29-33-19-9-3-10-20-33)30-34-21-11-4-12-22-34/h1-26,41H,27-30H2. The molecule has 1 N–H and O–H groups in total. The van der Waals surface area contributed by atoms with Crippen LogP contribution in [0, 0.1) is 0 Å². The lowest BCUT2D eigenvalue weighted by molar-refractivity contribution is 0.771. The van der Waals surface area contributed by atoms with E-state index in [0.717, 1.165) is 31.7 Å². The first-order valence-electron chi connectivity index (χ1n) is 15.0. The molecular formula is C40H35N3. The molecule has 210 valence electrons. The lowest BCUT2D eigenvalue weighted by atomic mass is 10.1. The van der Waals surface area contributed by atoms with Crippen molar-refractivity contribution >= 4 is 33.2 Å². The molecule has 0 atom stereocenters. The smallest absolute Gasteiger partial charge is 0.0855 e. The highest BCUT2D eigenvalue weighted by molar-refractivity contribution is 6.13. The average molecular weight is 558 g/mol. The Morgan fingerprint density at radius 3 is 1.28 bits per heavy atom. The molecule has 1 aromatic heterocycles. The molecule has 0 aliphatic carbocycles. The van der Waals surface area contributed by atoms with Gasteiger partial charge in [-0.2, -0.15) is 0 Å². The van der Waals surface area contributed by atoms with Crippen LogP contribution in [0.15, 0.2) is 158 Å². The monoisotopic (exact) mass is 557 g/mol. The van der Waals surface area contributed by atoms with Gasteiger partial charge in [-0.3, -0.25) is 0 Å². The van der Waals surface area contributed by atoms with Crippen molar-refractivity contribution in [1.29, 1.82) is 0 Å². The van der Waals surface area contributed by atoms with E-state index in [4.69, 9.17) is 0 Å². The third kappa shape index (κ3) is 5.89. The van der Waals surface area contributed by atoms with Crippen LogP contribution in [0.1, 0.15) is 22.3 Å². The van der Waals surface area contributed by atoms with E-state index in [1.54, 1.807) is 0 Å². The molecule has 0 saturated carbocycles. The Balaban J connectivity index is 1.45. The maximum absolute atomic E-state index is 3.85. The zero-order valence-corrected chi connectivity index (χ0v) is 24.2. The second kappa shape index (κ2) is 12.3. The number of fused-ring (bicyclic) bond motifs is 3. The first kappa shape index (κ1) is 26.6. The average Bonchev–Trinajstić information content (AvgIpc) is 3.44. The summed E-state index contributed by atoms with van der Waals surface area (Å²) in [5, 5.41) is 2.50. The van der Waals surface area contributed by atoms with E-state index in [0.29, 0.717) is 0 Å². The van der Waals surface area contributed by atoms with Crippen molar-refractivity contribution in [2.24, 2.45) is 0 Å². The second-order valence-electron chi connectivity index (χ2n) is 11.2. The molecule has 0 spiro atoms. The van der Waals surface area contributed by atoms with Gasteiger partial charge >= 0.3 is 0 Å². The van der Waals surface area contributed by atoms with Crippen LogP contribution in [-0.4, -0.2) is 4.98 Å². The Morgan fingerprint density at radius 1 is 0.372 bits per heavy atom. The normalized spacial score (nSPS) is 11.2. The van der Waals surface area contributed by atoms with Crippen molar-refractivity contribution in [2.45, 2.75) is 26.2 Å². The number of benzene rings is 6. The SMILES string of the molecule is c1ccc(CN(Cc2ccccc2)c2ccc3c([nH]c4ccccc43)c2N(Cc2ccccc2)Cc2ccccc2)cc1. The van der Waals surface area contributed by atoms with Crippen molar-refractivity contribution in [3.63, 3.8) is 0 Å². The van der Waals surface area contributed by atoms with Crippen LogP contribution in [0.2, 0.25) is 0 Å². The van der Waals surface area contributed by atoms with Crippen molar-refractivity contribution in [1.82, 2.24) is 4.98 Å². The molecule has 0 amide bonds. The molecule has 0 aliphatic rings. The molecule has 3 nitrogen and oxygen atoms in total. The van der Waals surface area contributed by atoms with Crippen molar-refractivity contribution in [3.8, 4) is 0 Å². The van der Waals surface area contributed by atoms with E-state index in [9.17, 15) is 0 Å². The van der Waals surface area contributed by atoms with Gasteiger partial charge < -0.3 is 14.8 Å². The zero-order chi connectivity index (χ0) is 28.8. The summed E-state index contributed by atoms with van der Waals surface area (Å²) >= 11 is 0. The minimum Gasteiger partial charge on any atom is -0.361 e. The number of rotatable bonds is 10. The lowest BCUT2D eigenvalue weighted by Crippen LogP contribution is -2.28. The summed E-state index contributed by atoms with van der Waals surface area (Å²) in [5.74, 6) is 0. The molecule has 0 saturated heterocycles. The van der Waals surface area contributed by atoms with Gasteiger partial charge in [0.25, 0.3) is 0 Å². The summed E-state index contributed by atoms with van der Waals surface area (Å²) in [6.45, 7) is 3.20. The van der Waals surface area contributed by atoms with Gasteiger partial charge in [-0.25, -0.2) is 0 Å². The molecule has 43 heavy (non-hydrogen) atoms. The number of nitrogens with one attached hydrogen (secondary N) is 1.